The molecule has 0 bridgehead atoms. The molecule has 1 amide bonds. The lowest BCUT2D eigenvalue weighted by Gasteiger charge is -2.31. The molecule has 0 spiro atoms. The van der Waals surface area contributed by atoms with Crippen molar-refractivity contribution < 1.29 is 32.2 Å². The van der Waals surface area contributed by atoms with Gasteiger partial charge in [-0.15, -0.1) is 0 Å². The van der Waals surface area contributed by atoms with Crippen molar-refractivity contribution in [2.24, 2.45) is 0 Å². The fourth-order valence-corrected chi connectivity index (χ4v) is 4.83. The van der Waals surface area contributed by atoms with Crippen molar-refractivity contribution in [1.82, 2.24) is 0 Å². The third-order valence-corrected chi connectivity index (χ3v) is 7.30. The van der Waals surface area contributed by atoms with Crippen molar-refractivity contribution in [3.63, 3.8) is 0 Å². The van der Waals surface area contributed by atoms with E-state index in [1.807, 2.05) is 30.3 Å². The summed E-state index contributed by atoms with van der Waals surface area (Å²) >= 11 is 12.4. The van der Waals surface area contributed by atoms with E-state index in [1.165, 1.54) is 11.0 Å². The van der Waals surface area contributed by atoms with E-state index in [9.17, 15) is 27.5 Å². The number of anilines is 1. The second-order valence-corrected chi connectivity index (χ2v) is 10.1. The monoisotopic (exact) mass is 569 g/mol. The summed E-state index contributed by atoms with van der Waals surface area (Å²) in [4.78, 5) is 15.2. The number of aryl methyl sites for hydroxylation is 1. The molecule has 4 rings (SSSR count). The second kappa shape index (κ2) is 11.1. The Balaban J connectivity index is 1.75. The van der Waals surface area contributed by atoms with Crippen molar-refractivity contribution >= 4 is 34.8 Å². The van der Waals surface area contributed by atoms with Gasteiger partial charge in [-0.25, -0.2) is 4.39 Å². The number of benzene rings is 3. The molecule has 0 aliphatic carbocycles. The Morgan fingerprint density at radius 1 is 1.11 bits per heavy atom. The molecule has 10 heteroatoms. The first-order chi connectivity index (χ1) is 17.9. The molecule has 38 heavy (non-hydrogen) atoms. The van der Waals surface area contributed by atoms with Gasteiger partial charge in [0.2, 0.25) is 11.5 Å². The minimum atomic E-state index is -5.23. The molecule has 0 aromatic heterocycles. The van der Waals surface area contributed by atoms with Gasteiger partial charge in [0, 0.05) is 16.8 Å². The third kappa shape index (κ3) is 5.63. The lowest BCUT2D eigenvalue weighted by atomic mass is 9.91. The first kappa shape index (κ1) is 28.2. The number of rotatable bonds is 6. The highest BCUT2D eigenvalue weighted by Crippen LogP contribution is 2.42. The van der Waals surface area contributed by atoms with E-state index in [4.69, 9.17) is 27.9 Å². The summed E-state index contributed by atoms with van der Waals surface area (Å²) < 4.78 is 60.4. The Labute approximate surface area is 227 Å². The molecular formula is C28H25Cl2F4NO3. The van der Waals surface area contributed by atoms with Gasteiger partial charge in [0.15, 0.2) is 0 Å². The number of nitrogens with zero attached hydrogens (tertiary/aromatic N) is 1. The van der Waals surface area contributed by atoms with Crippen LogP contribution in [-0.4, -0.2) is 36.5 Å². The summed E-state index contributed by atoms with van der Waals surface area (Å²) in [7, 11) is 0. The summed E-state index contributed by atoms with van der Waals surface area (Å²) in [5, 5.41) is 10.9. The fourth-order valence-electron chi connectivity index (χ4n) is 4.50. The van der Waals surface area contributed by atoms with Gasteiger partial charge >= 0.3 is 6.18 Å². The van der Waals surface area contributed by atoms with E-state index in [0.29, 0.717) is 33.5 Å². The smallest absolute Gasteiger partial charge is 0.424 e. The Morgan fingerprint density at radius 2 is 1.82 bits per heavy atom. The zero-order valence-corrected chi connectivity index (χ0v) is 21.8. The number of ether oxygens (including phenoxy) is 1. The van der Waals surface area contributed by atoms with Crippen molar-refractivity contribution in [2.75, 3.05) is 18.1 Å². The number of hydrogen-bond donors (Lipinski definition) is 1. The van der Waals surface area contributed by atoms with Crippen LogP contribution in [-0.2, 0) is 16.8 Å². The highest BCUT2D eigenvalue weighted by atomic mass is 35.5. The molecular weight excluding hydrogens is 545 g/mol. The molecule has 1 aliphatic rings. The molecule has 0 saturated heterocycles. The van der Waals surface area contributed by atoms with Gasteiger partial charge < -0.3 is 14.7 Å². The van der Waals surface area contributed by atoms with E-state index >= 15 is 0 Å². The number of carbonyl (C=O) groups excluding carboxylic acids is 1. The van der Waals surface area contributed by atoms with Crippen LogP contribution >= 0.6 is 23.2 Å². The van der Waals surface area contributed by atoms with Gasteiger partial charge in [-0.2, -0.15) is 13.2 Å². The summed E-state index contributed by atoms with van der Waals surface area (Å²) in [6.07, 6.45) is -5.30. The highest BCUT2D eigenvalue weighted by molar-refractivity contribution is 6.34. The minimum absolute atomic E-state index is 0.0812. The Bertz CT molecular complexity index is 1310. The van der Waals surface area contributed by atoms with Crippen molar-refractivity contribution in [2.45, 2.75) is 43.6 Å². The molecule has 1 heterocycles. The third-order valence-electron chi connectivity index (χ3n) is 6.75. The largest absolute Gasteiger partial charge is 0.487 e. The zero-order valence-electron chi connectivity index (χ0n) is 20.3. The lowest BCUT2D eigenvalue weighted by Crippen LogP contribution is -2.44. The van der Waals surface area contributed by atoms with Crippen LogP contribution in [0.5, 0.6) is 5.75 Å². The normalized spacial score (nSPS) is 18.2. The zero-order chi connectivity index (χ0) is 27.7. The molecule has 3 aromatic rings. The maximum atomic E-state index is 13.8. The van der Waals surface area contributed by atoms with Gasteiger partial charge in [-0.05, 0) is 54.7 Å². The minimum Gasteiger partial charge on any atom is -0.487 e. The van der Waals surface area contributed by atoms with Crippen LogP contribution in [0, 0.1) is 0 Å². The molecule has 0 radical (unpaired) electrons. The summed E-state index contributed by atoms with van der Waals surface area (Å²) in [6.45, 7) is -0.217. The molecule has 4 nitrogen and oxygen atoms in total. The van der Waals surface area contributed by atoms with Crippen molar-refractivity contribution in [1.29, 1.82) is 0 Å². The number of hydrogen-bond acceptors (Lipinski definition) is 3. The topological polar surface area (TPSA) is 49.8 Å². The highest BCUT2D eigenvalue weighted by Gasteiger charge is 2.55. The van der Waals surface area contributed by atoms with Gasteiger partial charge in [0.25, 0.3) is 0 Å². The first-order valence-electron chi connectivity index (χ1n) is 11.9. The van der Waals surface area contributed by atoms with E-state index in [0.717, 1.165) is 17.7 Å². The van der Waals surface area contributed by atoms with E-state index in [2.05, 4.69) is 0 Å². The molecule has 0 saturated carbocycles. The number of amides is 1. The molecule has 1 aliphatic heterocycles. The summed E-state index contributed by atoms with van der Waals surface area (Å²) in [5.74, 6) is -0.562. The average molecular weight is 570 g/mol. The van der Waals surface area contributed by atoms with E-state index in [1.54, 1.807) is 25.1 Å². The number of halogens is 6. The van der Waals surface area contributed by atoms with E-state index < -0.39 is 36.0 Å². The summed E-state index contributed by atoms with van der Waals surface area (Å²) in [5.41, 5.74) is -2.81. The quantitative estimate of drug-likeness (QED) is 0.318. The lowest BCUT2D eigenvalue weighted by molar-refractivity contribution is -0.271. The van der Waals surface area contributed by atoms with Crippen LogP contribution in [0.3, 0.4) is 0 Å². The van der Waals surface area contributed by atoms with Crippen LogP contribution in [0.4, 0.5) is 23.2 Å². The predicted octanol–water partition coefficient (Wildman–Crippen LogP) is 7.24. The predicted molar refractivity (Wildman–Crippen MR) is 139 cm³/mol. The second-order valence-electron chi connectivity index (χ2n) is 9.27. The standard InChI is InChI=1S/C28H25Cl2F4NO3/c1-17(18-5-3-2-4-6-18)26(36)35-15-22(38-25-14-21(29)9-11-23(25)30)10-7-19-13-20(8-12-24(19)35)27(37,16-31)28(32,33)34/h2-6,8-9,11-14,17,22,37H,7,10,15-16H2,1H3/t17-,22-,27?/m0/s1. The van der Waals surface area contributed by atoms with Gasteiger partial charge in [0.1, 0.15) is 18.5 Å². The number of fused-ring (bicyclic) bond motifs is 1. The van der Waals surface area contributed by atoms with Crippen LogP contribution in [0.1, 0.15) is 36.0 Å². The molecule has 1 unspecified atom stereocenters. The fraction of sp³-hybridized carbons (Fsp3) is 0.321. The van der Waals surface area contributed by atoms with Crippen LogP contribution < -0.4 is 9.64 Å². The Kier molecular flexibility index (Phi) is 8.26. The van der Waals surface area contributed by atoms with Gasteiger partial charge in [-0.1, -0.05) is 65.7 Å². The summed E-state index contributed by atoms with van der Waals surface area (Å²) in [6, 6.07) is 17.2. The molecule has 0 fully saturated rings. The van der Waals surface area contributed by atoms with E-state index in [-0.39, 0.29) is 18.9 Å². The number of carbonyl (C=O) groups is 1. The molecule has 1 N–H and O–H groups in total. The van der Waals surface area contributed by atoms with Crippen molar-refractivity contribution in [3.8, 4) is 5.75 Å². The maximum absolute atomic E-state index is 13.8. The Hall–Kier alpha value is -2.81. The van der Waals surface area contributed by atoms with Gasteiger partial charge in [0.05, 0.1) is 17.5 Å². The SMILES string of the molecule is C[C@H](C(=O)N1C[C@@H](Oc2cc(Cl)ccc2Cl)CCc2cc(C(O)(CF)C(F)(F)F)ccc21)c1ccccc1. The molecule has 3 atom stereocenters. The van der Waals surface area contributed by atoms with Gasteiger partial charge in [-0.3, -0.25) is 4.79 Å². The van der Waals surface area contributed by atoms with Crippen LogP contribution in [0.2, 0.25) is 10.0 Å². The average Bonchev–Trinajstić information content (AvgIpc) is 3.08. The first-order valence-corrected chi connectivity index (χ1v) is 12.7. The number of alkyl halides is 4. The number of aliphatic hydroxyl groups is 1. The van der Waals surface area contributed by atoms with Crippen LogP contribution in [0.15, 0.2) is 66.7 Å². The Morgan fingerprint density at radius 3 is 2.47 bits per heavy atom. The van der Waals surface area contributed by atoms with Crippen molar-refractivity contribution in [3.05, 3.63) is 93.5 Å². The van der Waals surface area contributed by atoms with Crippen LogP contribution in [0.25, 0.3) is 0 Å². The molecule has 202 valence electrons. The maximum Gasteiger partial charge on any atom is 0.424 e. The molecule has 3 aromatic carbocycles.